The van der Waals surface area contributed by atoms with Crippen LogP contribution in [0.4, 0.5) is 4.79 Å². The second-order valence-corrected chi connectivity index (χ2v) is 5.63. The molecular formula is C12H16N4O3S. The number of amides is 4. The fourth-order valence-electron chi connectivity index (χ4n) is 1.94. The number of aryl methyl sites for hydroxylation is 1. The number of likely N-dealkylation sites (N-methyl/N-ethyl adjacent to an activating group) is 1. The van der Waals surface area contributed by atoms with E-state index in [4.69, 9.17) is 0 Å². The van der Waals surface area contributed by atoms with E-state index in [9.17, 15) is 14.4 Å². The van der Waals surface area contributed by atoms with Crippen molar-refractivity contribution in [3.8, 4) is 0 Å². The molecule has 0 aliphatic carbocycles. The smallest absolute Gasteiger partial charge is 0.322 e. The van der Waals surface area contributed by atoms with E-state index in [2.05, 4.69) is 15.6 Å². The summed E-state index contributed by atoms with van der Waals surface area (Å²) in [6, 6.07) is -1.29. The van der Waals surface area contributed by atoms with Crippen LogP contribution in [-0.2, 0) is 16.1 Å². The van der Waals surface area contributed by atoms with Gasteiger partial charge in [-0.15, -0.1) is 11.3 Å². The molecule has 1 atom stereocenters. The van der Waals surface area contributed by atoms with E-state index in [-0.39, 0.29) is 18.2 Å². The fourth-order valence-corrected chi connectivity index (χ4v) is 2.76. The van der Waals surface area contributed by atoms with Crippen molar-refractivity contribution < 1.29 is 14.4 Å². The first kappa shape index (κ1) is 14.4. The van der Waals surface area contributed by atoms with Crippen LogP contribution in [0.3, 0.4) is 0 Å². The quantitative estimate of drug-likeness (QED) is 0.844. The van der Waals surface area contributed by atoms with Gasteiger partial charge in [0.05, 0.1) is 6.54 Å². The molecule has 1 aliphatic heterocycles. The van der Waals surface area contributed by atoms with Crippen LogP contribution in [0.1, 0.15) is 23.5 Å². The number of nitrogens with zero attached hydrogens (tertiary/aromatic N) is 2. The van der Waals surface area contributed by atoms with Crippen LogP contribution in [0.25, 0.3) is 0 Å². The molecule has 108 valence electrons. The minimum Gasteiger partial charge on any atom is -0.337 e. The van der Waals surface area contributed by atoms with Crippen LogP contribution in [0.5, 0.6) is 0 Å². The summed E-state index contributed by atoms with van der Waals surface area (Å²) in [6.07, 6.45) is 0.455. The summed E-state index contributed by atoms with van der Waals surface area (Å²) in [5, 5.41) is 7.41. The molecule has 2 rings (SSSR count). The molecule has 0 saturated carbocycles. The molecule has 1 aromatic rings. The Hall–Kier alpha value is -1.96. The second kappa shape index (κ2) is 6.00. The summed E-state index contributed by atoms with van der Waals surface area (Å²) in [5.74, 6) is -0.585. The van der Waals surface area contributed by atoms with Gasteiger partial charge in [-0.3, -0.25) is 14.9 Å². The van der Waals surface area contributed by atoms with E-state index >= 15 is 0 Å². The fraction of sp³-hybridized carbons (Fsp3) is 0.500. The number of carbonyl (C=O) groups is 3. The molecule has 8 heteroatoms. The normalized spacial score (nSPS) is 19.0. The van der Waals surface area contributed by atoms with E-state index in [0.717, 1.165) is 10.7 Å². The number of aromatic nitrogens is 1. The van der Waals surface area contributed by atoms with Gasteiger partial charge in [0, 0.05) is 24.5 Å². The van der Waals surface area contributed by atoms with Crippen molar-refractivity contribution in [2.24, 2.45) is 0 Å². The van der Waals surface area contributed by atoms with Crippen LogP contribution in [0.2, 0.25) is 0 Å². The van der Waals surface area contributed by atoms with E-state index in [1.165, 1.54) is 16.2 Å². The second-order valence-electron chi connectivity index (χ2n) is 4.69. The largest absolute Gasteiger partial charge is 0.337 e. The summed E-state index contributed by atoms with van der Waals surface area (Å²) in [4.78, 5) is 40.7. The average molecular weight is 296 g/mol. The zero-order valence-electron chi connectivity index (χ0n) is 11.3. The molecule has 0 spiro atoms. The van der Waals surface area contributed by atoms with Gasteiger partial charge in [0.2, 0.25) is 11.8 Å². The summed E-state index contributed by atoms with van der Waals surface area (Å²) < 4.78 is 0. The Kier molecular flexibility index (Phi) is 4.33. The lowest BCUT2D eigenvalue weighted by Gasteiger charge is -2.22. The third-order valence-electron chi connectivity index (χ3n) is 2.93. The Morgan fingerprint density at radius 2 is 2.30 bits per heavy atom. The van der Waals surface area contributed by atoms with Crippen LogP contribution in [0.15, 0.2) is 5.38 Å². The highest BCUT2D eigenvalue weighted by atomic mass is 32.1. The van der Waals surface area contributed by atoms with Gasteiger partial charge in [-0.05, 0) is 13.3 Å². The monoisotopic (exact) mass is 296 g/mol. The number of nitrogens with one attached hydrogen (secondary N) is 2. The zero-order chi connectivity index (χ0) is 14.7. The van der Waals surface area contributed by atoms with E-state index in [1.54, 1.807) is 7.05 Å². The van der Waals surface area contributed by atoms with E-state index in [0.29, 0.717) is 13.0 Å². The predicted octanol–water partition coefficient (Wildman–Crippen LogP) is 0.398. The highest BCUT2D eigenvalue weighted by Gasteiger charge is 2.28. The van der Waals surface area contributed by atoms with Crippen LogP contribution >= 0.6 is 11.3 Å². The molecule has 2 N–H and O–H groups in total. The van der Waals surface area contributed by atoms with Gasteiger partial charge in [0.1, 0.15) is 11.0 Å². The molecule has 0 aromatic carbocycles. The predicted molar refractivity (Wildman–Crippen MR) is 73.0 cm³/mol. The number of hydrogen-bond donors (Lipinski definition) is 2. The summed E-state index contributed by atoms with van der Waals surface area (Å²) >= 11 is 1.49. The van der Waals surface area contributed by atoms with Crippen molar-refractivity contribution >= 4 is 29.2 Å². The topological polar surface area (TPSA) is 91.4 Å². The Morgan fingerprint density at radius 3 is 2.95 bits per heavy atom. The van der Waals surface area contributed by atoms with Gasteiger partial charge in [-0.25, -0.2) is 9.78 Å². The van der Waals surface area contributed by atoms with Crippen molar-refractivity contribution in [1.82, 2.24) is 20.5 Å². The first-order valence-electron chi connectivity index (χ1n) is 6.22. The summed E-state index contributed by atoms with van der Waals surface area (Å²) in [7, 11) is 1.66. The van der Waals surface area contributed by atoms with Crippen LogP contribution in [0, 0.1) is 6.92 Å². The molecule has 1 saturated heterocycles. The number of urea groups is 1. The lowest BCUT2D eigenvalue weighted by Crippen LogP contribution is -2.48. The minimum atomic E-state index is -0.674. The van der Waals surface area contributed by atoms with Gasteiger partial charge >= 0.3 is 6.03 Å². The summed E-state index contributed by atoms with van der Waals surface area (Å²) in [6.45, 7) is 2.29. The van der Waals surface area contributed by atoms with E-state index in [1.807, 2.05) is 12.3 Å². The number of carbonyl (C=O) groups excluding carboxylic acids is 3. The Morgan fingerprint density at radius 1 is 1.55 bits per heavy atom. The highest BCUT2D eigenvalue weighted by molar-refractivity contribution is 7.09. The zero-order valence-corrected chi connectivity index (χ0v) is 12.1. The van der Waals surface area contributed by atoms with Gasteiger partial charge in [-0.2, -0.15) is 0 Å². The first-order valence-corrected chi connectivity index (χ1v) is 7.10. The lowest BCUT2D eigenvalue weighted by molar-refractivity contribution is -0.132. The molecule has 4 amide bonds. The van der Waals surface area contributed by atoms with Crippen molar-refractivity contribution in [3.63, 3.8) is 0 Å². The Labute approximate surface area is 120 Å². The average Bonchev–Trinajstić information content (AvgIpc) is 2.70. The SMILES string of the molecule is Cc1csc(CN(C)C(=O)[C@@H]2CCC(=O)NC(=O)N2)n1. The minimum absolute atomic E-state index is 0.152. The molecule has 20 heavy (non-hydrogen) atoms. The molecule has 1 aliphatic rings. The van der Waals surface area contributed by atoms with Crippen molar-refractivity contribution in [1.29, 1.82) is 0 Å². The molecular weight excluding hydrogens is 280 g/mol. The highest BCUT2D eigenvalue weighted by Crippen LogP contribution is 2.12. The number of thiazole rings is 1. The van der Waals surface area contributed by atoms with Gasteiger partial charge in [0.25, 0.3) is 0 Å². The van der Waals surface area contributed by atoms with Crippen molar-refractivity contribution in [3.05, 3.63) is 16.1 Å². The van der Waals surface area contributed by atoms with Crippen molar-refractivity contribution in [2.75, 3.05) is 7.05 Å². The Bertz CT molecular complexity index is 543. The third-order valence-corrected chi connectivity index (χ3v) is 3.88. The molecule has 1 fully saturated rings. The number of imide groups is 1. The standard InChI is InChI=1S/C12H16N4O3S/c1-7-6-20-10(13-7)5-16(2)11(18)8-3-4-9(17)15-12(19)14-8/h6,8H,3-5H2,1-2H3,(H2,14,15,17,19)/t8-/m0/s1. The van der Waals surface area contributed by atoms with E-state index < -0.39 is 12.1 Å². The van der Waals surface area contributed by atoms with Gasteiger partial charge in [-0.1, -0.05) is 0 Å². The first-order chi connectivity index (χ1) is 9.45. The number of rotatable bonds is 3. The maximum atomic E-state index is 12.3. The molecule has 1 aromatic heterocycles. The molecule has 0 unspecified atom stereocenters. The Balaban J connectivity index is 1.98. The molecule has 2 heterocycles. The molecule has 0 bridgehead atoms. The van der Waals surface area contributed by atoms with Crippen LogP contribution in [-0.4, -0.2) is 40.8 Å². The molecule has 7 nitrogen and oxygen atoms in total. The maximum Gasteiger partial charge on any atom is 0.322 e. The molecule has 0 radical (unpaired) electrons. The third kappa shape index (κ3) is 3.53. The van der Waals surface area contributed by atoms with Gasteiger partial charge in [0.15, 0.2) is 0 Å². The maximum absolute atomic E-state index is 12.3. The van der Waals surface area contributed by atoms with Crippen molar-refractivity contribution in [2.45, 2.75) is 32.4 Å². The van der Waals surface area contributed by atoms with Gasteiger partial charge < -0.3 is 10.2 Å². The summed E-state index contributed by atoms with van der Waals surface area (Å²) in [5.41, 5.74) is 0.920. The van der Waals surface area contributed by atoms with Crippen LogP contribution < -0.4 is 10.6 Å². The number of hydrogen-bond acceptors (Lipinski definition) is 5. The lowest BCUT2D eigenvalue weighted by atomic mass is 10.1.